The number of nitro benzene ring substituents is 1. The van der Waals surface area contributed by atoms with E-state index < -0.39 is 21.7 Å². The first-order valence-electron chi connectivity index (χ1n) is 9.23. The molecule has 3 rings (SSSR count). The van der Waals surface area contributed by atoms with E-state index in [9.17, 15) is 25.0 Å². The number of aromatic nitrogens is 2. The molecule has 0 saturated carbocycles. The van der Waals surface area contributed by atoms with Crippen LogP contribution in [0.5, 0.6) is 11.5 Å². The van der Waals surface area contributed by atoms with Gasteiger partial charge in [-0.05, 0) is 19.1 Å². The van der Waals surface area contributed by atoms with Crippen LogP contribution in [0.4, 0.5) is 17.1 Å². The van der Waals surface area contributed by atoms with Gasteiger partial charge in [-0.2, -0.15) is 5.10 Å². The number of amides is 1. The van der Waals surface area contributed by atoms with Crippen molar-refractivity contribution in [2.45, 2.75) is 20.4 Å². The number of nitrogens with one attached hydrogen (secondary N) is 1. The maximum absolute atomic E-state index is 12.5. The Morgan fingerprint density at radius 3 is 2.39 bits per heavy atom. The topological polar surface area (TPSA) is 142 Å². The van der Waals surface area contributed by atoms with Crippen molar-refractivity contribution in [3.63, 3.8) is 0 Å². The largest absolute Gasteiger partial charge is 0.457 e. The van der Waals surface area contributed by atoms with Gasteiger partial charge in [0.05, 0.1) is 34.1 Å². The summed E-state index contributed by atoms with van der Waals surface area (Å²) < 4.78 is 6.99. The first-order chi connectivity index (χ1) is 14.7. The minimum absolute atomic E-state index is 0.0985. The van der Waals surface area contributed by atoms with Gasteiger partial charge in [-0.1, -0.05) is 24.6 Å². The standard InChI is InChI=1S/C20H19N5O6/c1-13-3-5-18(6-4-13)31-19-8-15(7-16(9-19)24(27)28)22-20(26)14(2)11-23-12-17(10-21-23)25(29)30/h3-10,12,14H,11H2,1-2H3,(H,22,26). The lowest BCUT2D eigenvalue weighted by atomic mass is 10.1. The number of carbonyl (C=O) groups excluding carboxylic acids is 1. The molecule has 0 fully saturated rings. The lowest BCUT2D eigenvalue weighted by Gasteiger charge is -2.13. The molecule has 11 heteroatoms. The number of ether oxygens (including phenoxy) is 1. The lowest BCUT2D eigenvalue weighted by Crippen LogP contribution is -2.24. The fourth-order valence-corrected chi connectivity index (χ4v) is 2.74. The van der Waals surface area contributed by atoms with E-state index >= 15 is 0 Å². The molecule has 1 atom stereocenters. The third kappa shape index (κ3) is 5.63. The summed E-state index contributed by atoms with van der Waals surface area (Å²) in [4.78, 5) is 33.4. The van der Waals surface area contributed by atoms with Crippen molar-refractivity contribution in [2.24, 2.45) is 5.92 Å². The molecule has 0 radical (unpaired) electrons. The van der Waals surface area contributed by atoms with Gasteiger partial charge in [-0.3, -0.25) is 29.7 Å². The highest BCUT2D eigenvalue weighted by Crippen LogP contribution is 2.30. The zero-order valence-electron chi connectivity index (χ0n) is 16.7. The van der Waals surface area contributed by atoms with E-state index in [-0.39, 0.29) is 29.4 Å². The Labute approximate surface area is 176 Å². The van der Waals surface area contributed by atoms with Crippen molar-refractivity contribution in [2.75, 3.05) is 5.32 Å². The van der Waals surface area contributed by atoms with Gasteiger partial charge in [-0.25, -0.2) is 0 Å². The van der Waals surface area contributed by atoms with Gasteiger partial charge in [0.1, 0.15) is 23.9 Å². The summed E-state index contributed by atoms with van der Waals surface area (Å²) in [6, 6.07) is 11.1. The minimum atomic E-state index is -0.611. The molecule has 0 spiro atoms. The van der Waals surface area contributed by atoms with Gasteiger partial charge >= 0.3 is 5.69 Å². The summed E-state index contributed by atoms with van der Waals surface area (Å²) in [5, 5.41) is 28.5. The molecular weight excluding hydrogens is 406 g/mol. The number of nitro groups is 2. The highest BCUT2D eigenvalue weighted by molar-refractivity contribution is 5.92. The number of hydrogen-bond acceptors (Lipinski definition) is 7. The first kappa shape index (κ1) is 21.4. The highest BCUT2D eigenvalue weighted by Gasteiger charge is 2.19. The highest BCUT2D eigenvalue weighted by atomic mass is 16.6. The third-order valence-electron chi connectivity index (χ3n) is 4.37. The summed E-state index contributed by atoms with van der Waals surface area (Å²) in [6.07, 6.45) is 2.32. The van der Waals surface area contributed by atoms with Crippen LogP contribution < -0.4 is 10.1 Å². The summed E-state index contributed by atoms with van der Waals surface area (Å²) in [5.41, 5.74) is 0.815. The van der Waals surface area contributed by atoms with Crippen molar-refractivity contribution < 1.29 is 19.4 Å². The van der Waals surface area contributed by atoms with Crippen molar-refractivity contribution in [3.05, 3.63) is 80.7 Å². The lowest BCUT2D eigenvalue weighted by molar-refractivity contribution is -0.385. The Hall–Kier alpha value is -4.28. The fourth-order valence-electron chi connectivity index (χ4n) is 2.74. The van der Waals surface area contributed by atoms with Crippen LogP contribution in [0.1, 0.15) is 12.5 Å². The Morgan fingerprint density at radius 1 is 1.10 bits per heavy atom. The van der Waals surface area contributed by atoms with Crippen molar-refractivity contribution >= 4 is 23.0 Å². The second-order valence-electron chi connectivity index (χ2n) is 6.96. The molecule has 0 aliphatic heterocycles. The number of nitrogens with zero attached hydrogens (tertiary/aromatic N) is 4. The molecule has 3 aromatic rings. The molecule has 1 N–H and O–H groups in total. The first-order valence-corrected chi connectivity index (χ1v) is 9.23. The quantitative estimate of drug-likeness (QED) is 0.423. The van der Waals surface area contributed by atoms with Crippen LogP contribution in [0.15, 0.2) is 54.9 Å². The van der Waals surface area contributed by atoms with E-state index in [1.54, 1.807) is 19.1 Å². The molecule has 2 aromatic carbocycles. The maximum atomic E-state index is 12.5. The SMILES string of the molecule is Cc1ccc(Oc2cc(NC(=O)C(C)Cn3cc([N+](=O)[O-])cn3)cc([N+](=O)[O-])c2)cc1. The van der Waals surface area contributed by atoms with E-state index in [1.807, 2.05) is 19.1 Å². The van der Waals surface area contributed by atoms with Crippen LogP contribution in [-0.4, -0.2) is 25.5 Å². The van der Waals surface area contributed by atoms with Gasteiger partial charge in [0.15, 0.2) is 0 Å². The molecular formula is C20H19N5O6. The van der Waals surface area contributed by atoms with E-state index in [1.165, 1.54) is 29.1 Å². The number of rotatable bonds is 8. The maximum Gasteiger partial charge on any atom is 0.306 e. The molecule has 11 nitrogen and oxygen atoms in total. The third-order valence-corrected chi connectivity index (χ3v) is 4.37. The molecule has 0 bridgehead atoms. The predicted molar refractivity (Wildman–Crippen MR) is 111 cm³/mol. The van der Waals surface area contributed by atoms with Gasteiger partial charge in [0.2, 0.25) is 5.91 Å². The normalized spacial score (nSPS) is 11.5. The van der Waals surface area contributed by atoms with Crippen molar-refractivity contribution in [3.8, 4) is 11.5 Å². The van der Waals surface area contributed by atoms with Gasteiger partial charge in [0.25, 0.3) is 5.69 Å². The molecule has 1 unspecified atom stereocenters. The van der Waals surface area contributed by atoms with Gasteiger partial charge in [-0.15, -0.1) is 0 Å². The number of carbonyl (C=O) groups is 1. The summed E-state index contributed by atoms with van der Waals surface area (Å²) in [7, 11) is 0. The molecule has 1 amide bonds. The number of anilines is 1. The summed E-state index contributed by atoms with van der Waals surface area (Å²) >= 11 is 0. The molecule has 0 aliphatic carbocycles. The zero-order chi connectivity index (χ0) is 22.5. The van der Waals surface area contributed by atoms with Crippen LogP contribution in [0.25, 0.3) is 0 Å². The summed E-state index contributed by atoms with van der Waals surface area (Å²) in [5.74, 6) is -0.346. The summed E-state index contributed by atoms with van der Waals surface area (Å²) in [6.45, 7) is 3.64. The number of hydrogen-bond donors (Lipinski definition) is 1. The van der Waals surface area contributed by atoms with Crippen LogP contribution in [0.3, 0.4) is 0 Å². The second-order valence-corrected chi connectivity index (χ2v) is 6.96. The molecule has 160 valence electrons. The zero-order valence-corrected chi connectivity index (χ0v) is 16.7. The molecule has 0 saturated heterocycles. The Kier molecular flexibility index (Phi) is 6.24. The van der Waals surface area contributed by atoms with Crippen LogP contribution in [0.2, 0.25) is 0 Å². The van der Waals surface area contributed by atoms with E-state index in [0.29, 0.717) is 5.75 Å². The van der Waals surface area contributed by atoms with Crippen LogP contribution >= 0.6 is 0 Å². The second kappa shape index (κ2) is 9.03. The van der Waals surface area contributed by atoms with E-state index in [2.05, 4.69) is 10.4 Å². The smallest absolute Gasteiger partial charge is 0.306 e. The Morgan fingerprint density at radius 2 is 1.77 bits per heavy atom. The predicted octanol–water partition coefficient (Wildman–Crippen LogP) is 4.08. The Balaban J connectivity index is 1.74. The number of non-ortho nitro benzene ring substituents is 1. The fraction of sp³-hybridized carbons (Fsp3) is 0.200. The van der Waals surface area contributed by atoms with E-state index in [0.717, 1.165) is 11.8 Å². The van der Waals surface area contributed by atoms with Crippen LogP contribution in [-0.2, 0) is 11.3 Å². The van der Waals surface area contributed by atoms with Crippen LogP contribution in [0, 0.1) is 33.1 Å². The molecule has 1 aromatic heterocycles. The minimum Gasteiger partial charge on any atom is -0.457 e. The van der Waals surface area contributed by atoms with Crippen molar-refractivity contribution in [1.82, 2.24) is 9.78 Å². The van der Waals surface area contributed by atoms with Gasteiger partial charge < -0.3 is 10.1 Å². The number of aryl methyl sites for hydroxylation is 1. The van der Waals surface area contributed by atoms with Crippen molar-refractivity contribution in [1.29, 1.82) is 0 Å². The van der Waals surface area contributed by atoms with Gasteiger partial charge in [0, 0.05) is 12.1 Å². The number of benzene rings is 2. The Bertz CT molecular complexity index is 1130. The van der Waals surface area contributed by atoms with E-state index in [4.69, 9.17) is 4.74 Å². The molecule has 31 heavy (non-hydrogen) atoms. The average Bonchev–Trinajstić information content (AvgIpc) is 3.18. The molecule has 0 aliphatic rings. The average molecular weight is 425 g/mol. The molecule has 1 heterocycles. The monoisotopic (exact) mass is 425 g/mol.